The van der Waals surface area contributed by atoms with E-state index in [1.807, 2.05) is 97.1 Å². The van der Waals surface area contributed by atoms with Crippen LogP contribution in [0.25, 0.3) is 6.08 Å². The number of nitrogens with zero attached hydrogens (tertiary/aromatic N) is 2. The van der Waals surface area contributed by atoms with Gasteiger partial charge in [-0.15, -0.1) is 5.10 Å². The Labute approximate surface area is 158 Å². The van der Waals surface area contributed by atoms with Crippen molar-refractivity contribution in [1.82, 2.24) is 4.78 Å². The van der Waals surface area contributed by atoms with Crippen LogP contribution in [0.5, 0.6) is 0 Å². The minimum Gasteiger partial charge on any atom is -0.423 e. The molecule has 3 aromatic rings. The first kappa shape index (κ1) is 17.3. The Hall–Kier alpha value is -3.10. The first-order valence-corrected chi connectivity index (χ1v) is 10.4. The van der Waals surface area contributed by atoms with E-state index in [1.54, 1.807) is 11.7 Å². The van der Waals surface area contributed by atoms with E-state index in [0.29, 0.717) is 22.4 Å². The molecule has 27 heavy (non-hydrogen) atoms. The summed E-state index contributed by atoms with van der Waals surface area (Å²) in [5, 5.41) is 5.90. The number of benzene rings is 3. The van der Waals surface area contributed by atoms with Crippen molar-refractivity contribution in [3.8, 4) is 0 Å². The maximum atomic E-state index is 14.5. The van der Waals surface area contributed by atoms with Gasteiger partial charge in [-0.1, -0.05) is 66.7 Å². The number of ether oxygens (including phenoxy) is 1. The lowest BCUT2D eigenvalue weighted by molar-refractivity contribution is 0.356. The van der Waals surface area contributed by atoms with Crippen LogP contribution in [0.1, 0.15) is 12.5 Å². The van der Waals surface area contributed by atoms with Gasteiger partial charge in [0.05, 0.1) is 0 Å². The minimum atomic E-state index is -3.25. The molecule has 0 fully saturated rings. The molecule has 0 bridgehead atoms. The molecule has 0 aliphatic carbocycles. The lowest BCUT2D eigenvalue weighted by atomic mass is 10.2. The summed E-state index contributed by atoms with van der Waals surface area (Å²) >= 11 is 0. The molecule has 4 rings (SSSR count). The summed E-state index contributed by atoms with van der Waals surface area (Å²) in [5.41, 5.74) is 0.954. The molecule has 3 aromatic carbocycles. The fourth-order valence-corrected chi connectivity index (χ4v) is 5.52. The second-order valence-corrected chi connectivity index (χ2v) is 8.71. The molecule has 0 N–H and O–H groups in total. The van der Waals surface area contributed by atoms with Crippen LogP contribution in [-0.4, -0.2) is 10.7 Å². The Morgan fingerprint density at radius 1 is 0.815 bits per heavy atom. The Balaban J connectivity index is 1.89. The van der Waals surface area contributed by atoms with Crippen LogP contribution in [0.15, 0.2) is 102 Å². The van der Waals surface area contributed by atoms with Gasteiger partial charge in [-0.2, -0.15) is 4.78 Å². The molecule has 4 nitrogen and oxygen atoms in total. The van der Waals surface area contributed by atoms with Gasteiger partial charge in [0.25, 0.3) is 7.29 Å². The SMILES string of the molecule is CC1=NN(P(=O)(c2ccccc2)c2ccccc2)C(=Cc2ccccc2)O1. The van der Waals surface area contributed by atoms with E-state index >= 15 is 0 Å². The average molecular weight is 374 g/mol. The van der Waals surface area contributed by atoms with Crippen molar-refractivity contribution in [3.63, 3.8) is 0 Å². The summed E-state index contributed by atoms with van der Waals surface area (Å²) in [6, 6.07) is 28.7. The van der Waals surface area contributed by atoms with Crippen LogP contribution in [0, 0.1) is 0 Å². The van der Waals surface area contributed by atoms with Crippen LogP contribution in [0.3, 0.4) is 0 Å². The van der Waals surface area contributed by atoms with Gasteiger partial charge in [0, 0.05) is 23.6 Å². The number of rotatable bonds is 4. The van der Waals surface area contributed by atoms with E-state index < -0.39 is 7.29 Å². The van der Waals surface area contributed by atoms with Crippen molar-refractivity contribution in [1.29, 1.82) is 0 Å². The van der Waals surface area contributed by atoms with Crippen LogP contribution in [0.2, 0.25) is 0 Å². The third-order valence-corrected chi connectivity index (χ3v) is 7.07. The molecule has 0 saturated carbocycles. The van der Waals surface area contributed by atoms with Crippen molar-refractivity contribution in [2.45, 2.75) is 6.92 Å². The molecular formula is C22H19N2O2P. The van der Waals surface area contributed by atoms with Gasteiger partial charge in [-0.25, -0.2) is 0 Å². The van der Waals surface area contributed by atoms with Gasteiger partial charge in [-0.05, 0) is 29.8 Å². The van der Waals surface area contributed by atoms with Gasteiger partial charge in [0.15, 0.2) is 0 Å². The zero-order valence-corrected chi connectivity index (χ0v) is 15.8. The van der Waals surface area contributed by atoms with Crippen molar-refractivity contribution in [3.05, 3.63) is 102 Å². The number of hydrazone groups is 1. The molecule has 0 atom stereocenters. The fraction of sp³-hybridized carbons (Fsp3) is 0.0455. The predicted molar refractivity (Wildman–Crippen MR) is 110 cm³/mol. The largest absolute Gasteiger partial charge is 0.423 e. The summed E-state index contributed by atoms with van der Waals surface area (Å²) in [5.74, 6) is 0.916. The summed E-state index contributed by atoms with van der Waals surface area (Å²) in [6.45, 7) is 1.76. The standard InChI is InChI=1S/C22H19N2O2P/c1-18-23-24(22(26-18)17-19-11-5-2-6-12-19)27(25,20-13-7-3-8-14-20)21-15-9-4-10-16-21/h2-17H,1H3. The molecule has 0 amide bonds. The maximum Gasteiger partial charge on any atom is 0.251 e. The van der Waals surface area contributed by atoms with Crippen molar-refractivity contribution in [2.24, 2.45) is 5.10 Å². The van der Waals surface area contributed by atoms with E-state index in [0.717, 1.165) is 5.56 Å². The molecule has 0 saturated heterocycles. The molecule has 1 aliphatic heterocycles. The quantitative estimate of drug-likeness (QED) is 0.628. The molecule has 0 unspecified atom stereocenters. The summed E-state index contributed by atoms with van der Waals surface area (Å²) in [6.07, 6.45) is 1.86. The Morgan fingerprint density at radius 3 is 1.81 bits per heavy atom. The monoisotopic (exact) mass is 374 g/mol. The van der Waals surface area contributed by atoms with Crippen molar-refractivity contribution in [2.75, 3.05) is 0 Å². The normalized spacial score (nSPS) is 15.5. The lowest BCUT2D eigenvalue weighted by Crippen LogP contribution is -2.27. The highest BCUT2D eigenvalue weighted by Crippen LogP contribution is 2.52. The van der Waals surface area contributed by atoms with Gasteiger partial charge >= 0.3 is 0 Å². The second kappa shape index (κ2) is 7.26. The zero-order chi connectivity index (χ0) is 18.7. The molecule has 5 heteroatoms. The highest BCUT2D eigenvalue weighted by Gasteiger charge is 2.40. The fourth-order valence-electron chi connectivity index (χ4n) is 3.00. The van der Waals surface area contributed by atoms with Crippen LogP contribution >= 0.6 is 7.29 Å². The molecule has 0 spiro atoms. The van der Waals surface area contributed by atoms with E-state index in [-0.39, 0.29) is 0 Å². The summed E-state index contributed by atoms with van der Waals surface area (Å²) < 4.78 is 21.8. The Morgan fingerprint density at radius 2 is 1.30 bits per heavy atom. The van der Waals surface area contributed by atoms with Gasteiger partial charge in [0.2, 0.25) is 11.8 Å². The molecule has 0 radical (unpaired) electrons. The highest BCUT2D eigenvalue weighted by molar-refractivity contribution is 7.76. The van der Waals surface area contributed by atoms with E-state index in [9.17, 15) is 4.57 Å². The highest BCUT2D eigenvalue weighted by atomic mass is 31.2. The maximum absolute atomic E-state index is 14.5. The zero-order valence-electron chi connectivity index (χ0n) is 14.9. The molecule has 1 aliphatic rings. The van der Waals surface area contributed by atoms with Gasteiger partial charge in [-0.3, -0.25) is 4.57 Å². The smallest absolute Gasteiger partial charge is 0.251 e. The lowest BCUT2D eigenvalue weighted by Gasteiger charge is -2.26. The van der Waals surface area contributed by atoms with E-state index in [2.05, 4.69) is 5.10 Å². The average Bonchev–Trinajstić information content (AvgIpc) is 3.10. The van der Waals surface area contributed by atoms with Crippen LogP contribution in [0.4, 0.5) is 0 Å². The first-order chi connectivity index (χ1) is 13.2. The molecule has 0 aromatic heterocycles. The van der Waals surface area contributed by atoms with E-state index in [4.69, 9.17) is 4.74 Å². The molecule has 134 valence electrons. The molecular weight excluding hydrogens is 355 g/mol. The predicted octanol–water partition coefficient (Wildman–Crippen LogP) is 4.58. The van der Waals surface area contributed by atoms with Crippen molar-refractivity contribution < 1.29 is 9.30 Å². The first-order valence-electron chi connectivity index (χ1n) is 8.69. The number of hydrogen-bond acceptors (Lipinski definition) is 3. The second-order valence-electron chi connectivity index (χ2n) is 6.15. The van der Waals surface area contributed by atoms with Crippen LogP contribution < -0.4 is 10.6 Å². The van der Waals surface area contributed by atoms with Crippen LogP contribution in [-0.2, 0) is 9.30 Å². The minimum absolute atomic E-state index is 0.453. The Kier molecular flexibility index (Phi) is 4.66. The van der Waals surface area contributed by atoms with Gasteiger partial charge in [0.1, 0.15) is 0 Å². The topological polar surface area (TPSA) is 41.9 Å². The third-order valence-electron chi connectivity index (χ3n) is 4.25. The third kappa shape index (κ3) is 3.32. The summed E-state index contributed by atoms with van der Waals surface area (Å²) in [4.78, 5) is 0. The van der Waals surface area contributed by atoms with E-state index in [1.165, 1.54) is 0 Å². The summed E-state index contributed by atoms with van der Waals surface area (Å²) in [7, 11) is -3.25. The Bertz CT molecular complexity index is 988. The van der Waals surface area contributed by atoms with Crippen molar-refractivity contribution >= 4 is 29.9 Å². The van der Waals surface area contributed by atoms with Gasteiger partial charge < -0.3 is 4.74 Å². The molecule has 1 heterocycles. The number of hydrogen-bond donors (Lipinski definition) is 0.